The molecule has 2 amide bonds. The fourth-order valence-electron chi connectivity index (χ4n) is 2.38. The summed E-state index contributed by atoms with van der Waals surface area (Å²) in [6.07, 6.45) is 3.04. The van der Waals surface area contributed by atoms with E-state index in [9.17, 15) is 9.59 Å². The standard InChI is InChI=1S/C17H21N3O2/c1-3-6-16(22)18-11-12-20(13(2)21)15-9-4-7-14-8-5-10-19-17(14)15/h4-5,7-10H,3,6,11-12H2,1-2H3,(H,18,22). The van der Waals surface area contributed by atoms with Crippen molar-refractivity contribution in [2.75, 3.05) is 18.0 Å². The summed E-state index contributed by atoms with van der Waals surface area (Å²) in [5, 5.41) is 3.82. The number of hydrogen-bond donors (Lipinski definition) is 1. The van der Waals surface area contributed by atoms with E-state index in [0.29, 0.717) is 19.5 Å². The normalized spacial score (nSPS) is 10.5. The zero-order chi connectivity index (χ0) is 15.9. The molecular weight excluding hydrogens is 278 g/mol. The quantitative estimate of drug-likeness (QED) is 0.891. The van der Waals surface area contributed by atoms with E-state index in [1.165, 1.54) is 6.92 Å². The summed E-state index contributed by atoms with van der Waals surface area (Å²) in [7, 11) is 0. The van der Waals surface area contributed by atoms with Crippen molar-refractivity contribution < 1.29 is 9.59 Å². The molecule has 0 saturated carbocycles. The van der Waals surface area contributed by atoms with E-state index in [4.69, 9.17) is 0 Å². The fourth-order valence-corrected chi connectivity index (χ4v) is 2.38. The van der Waals surface area contributed by atoms with Gasteiger partial charge in [-0.05, 0) is 18.6 Å². The van der Waals surface area contributed by atoms with E-state index in [1.54, 1.807) is 11.1 Å². The highest BCUT2D eigenvalue weighted by Gasteiger charge is 2.15. The predicted molar refractivity (Wildman–Crippen MR) is 87.7 cm³/mol. The Kier molecular flexibility index (Phi) is 5.47. The molecule has 5 heteroatoms. The van der Waals surface area contributed by atoms with Gasteiger partial charge in [0.25, 0.3) is 0 Å². The monoisotopic (exact) mass is 299 g/mol. The molecule has 0 aliphatic carbocycles. The average Bonchev–Trinajstić information content (AvgIpc) is 2.51. The number of anilines is 1. The van der Waals surface area contributed by atoms with Gasteiger partial charge in [-0.25, -0.2) is 0 Å². The number of amides is 2. The Bertz CT molecular complexity index is 665. The van der Waals surface area contributed by atoms with Gasteiger partial charge in [0.2, 0.25) is 11.8 Å². The summed E-state index contributed by atoms with van der Waals surface area (Å²) >= 11 is 0. The van der Waals surface area contributed by atoms with Gasteiger partial charge in [-0.1, -0.05) is 25.1 Å². The number of benzene rings is 1. The first-order valence-corrected chi connectivity index (χ1v) is 7.52. The second kappa shape index (κ2) is 7.54. The Morgan fingerprint density at radius 1 is 1.23 bits per heavy atom. The molecule has 2 aromatic rings. The predicted octanol–water partition coefficient (Wildman–Crippen LogP) is 2.50. The molecule has 0 unspecified atom stereocenters. The van der Waals surface area contributed by atoms with E-state index in [2.05, 4.69) is 10.3 Å². The molecule has 0 atom stereocenters. The summed E-state index contributed by atoms with van der Waals surface area (Å²) in [6, 6.07) is 9.59. The number of para-hydroxylation sites is 1. The van der Waals surface area contributed by atoms with Crippen LogP contribution in [0.15, 0.2) is 36.5 Å². The van der Waals surface area contributed by atoms with Crippen LogP contribution in [-0.4, -0.2) is 29.9 Å². The molecule has 22 heavy (non-hydrogen) atoms. The van der Waals surface area contributed by atoms with E-state index in [-0.39, 0.29) is 11.8 Å². The molecular formula is C17H21N3O2. The number of carbonyl (C=O) groups is 2. The number of pyridine rings is 1. The Balaban J connectivity index is 2.17. The summed E-state index contributed by atoms with van der Waals surface area (Å²) < 4.78 is 0. The summed E-state index contributed by atoms with van der Waals surface area (Å²) in [5.41, 5.74) is 1.57. The van der Waals surface area contributed by atoms with Crippen LogP contribution in [-0.2, 0) is 9.59 Å². The van der Waals surface area contributed by atoms with Crippen LogP contribution in [0.5, 0.6) is 0 Å². The van der Waals surface area contributed by atoms with Gasteiger partial charge in [-0.3, -0.25) is 14.6 Å². The van der Waals surface area contributed by atoms with Gasteiger partial charge in [0.15, 0.2) is 0 Å². The largest absolute Gasteiger partial charge is 0.354 e. The van der Waals surface area contributed by atoms with E-state index in [1.807, 2.05) is 37.3 Å². The summed E-state index contributed by atoms with van der Waals surface area (Å²) in [6.45, 7) is 4.35. The minimum atomic E-state index is -0.0668. The molecule has 116 valence electrons. The minimum absolute atomic E-state index is 0.0158. The van der Waals surface area contributed by atoms with Gasteiger partial charge in [-0.2, -0.15) is 0 Å². The lowest BCUT2D eigenvalue weighted by Gasteiger charge is -2.22. The van der Waals surface area contributed by atoms with Crippen molar-refractivity contribution in [3.63, 3.8) is 0 Å². The Hall–Kier alpha value is -2.43. The van der Waals surface area contributed by atoms with Crippen molar-refractivity contribution >= 4 is 28.4 Å². The molecule has 0 aliphatic heterocycles. The first kappa shape index (κ1) is 15.9. The van der Waals surface area contributed by atoms with Crippen LogP contribution < -0.4 is 10.2 Å². The van der Waals surface area contributed by atoms with Crippen molar-refractivity contribution in [3.8, 4) is 0 Å². The summed E-state index contributed by atoms with van der Waals surface area (Å²) in [5.74, 6) is -0.0510. The van der Waals surface area contributed by atoms with E-state index < -0.39 is 0 Å². The fraction of sp³-hybridized carbons (Fsp3) is 0.353. The second-order valence-electron chi connectivity index (χ2n) is 5.12. The maximum Gasteiger partial charge on any atom is 0.223 e. The first-order valence-electron chi connectivity index (χ1n) is 7.52. The van der Waals surface area contributed by atoms with Crippen LogP contribution in [0.25, 0.3) is 10.9 Å². The van der Waals surface area contributed by atoms with Crippen LogP contribution in [0.3, 0.4) is 0 Å². The van der Waals surface area contributed by atoms with Crippen LogP contribution in [0.2, 0.25) is 0 Å². The molecule has 2 rings (SSSR count). The van der Waals surface area contributed by atoms with Gasteiger partial charge in [0.05, 0.1) is 11.2 Å². The van der Waals surface area contributed by atoms with Crippen molar-refractivity contribution in [1.29, 1.82) is 0 Å². The summed E-state index contributed by atoms with van der Waals surface area (Å²) in [4.78, 5) is 29.5. The highest BCUT2D eigenvalue weighted by molar-refractivity contribution is 6.01. The number of fused-ring (bicyclic) bond motifs is 1. The first-order chi connectivity index (χ1) is 10.6. The number of nitrogens with one attached hydrogen (secondary N) is 1. The Morgan fingerprint density at radius 3 is 2.73 bits per heavy atom. The second-order valence-corrected chi connectivity index (χ2v) is 5.12. The highest BCUT2D eigenvalue weighted by atomic mass is 16.2. The Labute approximate surface area is 130 Å². The van der Waals surface area contributed by atoms with Crippen molar-refractivity contribution in [3.05, 3.63) is 36.5 Å². The molecule has 5 nitrogen and oxygen atoms in total. The zero-order valence-electron chi connectivity index (χ0n) is 13.0. The lowest BCUT2D eigenvalue weighted by Crippen LogP contribution is -2.37. The van der Waals surface area contributed by atoms with Crippen LogP contribution in [0.1, 0.15) is 26.7 Å². The molecule has 0 aliphatic rings. The topological polar surface area (TPSA) is 62.3 Å². The molecule has 0 fully saturated rings. The molecule has 0 radical (unpaired) electrons. The lowest BCUT2D eigenvalue weighted by atomic mass is 10.1. The maximum absolute atomic E-state index is 12.0. The zero-order valence-corrected chi connectivity index (χ0v) is 13.0. The highest BCUT2D eigenvalue weighted by Crippen LogP contribution is 2.24. The van der Waals surface area contributed by atoms with Gasteiger partial charge < -0.3 is 10.2 Å². The third-order valence-corrected chi connectivity index (χ3v) is 3.42. The van der Waals surface area contributed by atoms with Crippen molar-refractivity contribution in [2.45, 2.75) is 26.7 Å². The molecule has 1 N–H and O–H groups in total. The lowest BCUT2D eigenvalue weighted by molar-refractivity contribution is -0.121. The van der Waals surface area contributed by atoms with E-state index in [0.717, 1.165) is 23.0 Å². The van der Waals surface area contributed by atoms with Crippen LogP contribution in [0, 0.1) is 0 Å². The number of nitrogens with zero attached hydrogens (tertiary/aromatic N) is 2. The molecule has 0 spiro atoms. The molecule has 0 saturated heterocycles. The third kappa shape index (κ3) is 3.81. The Morgan fingerprint density at radius 2 is 2.00 bits per heavy atom. The molecule has 1 aromatic carbocycles. The molecule has 0 bridgehead atoms. The smallest absolute Gasteiger partial charge is 0.223 e. The number of hydrogen-bond acceptors (Lipinski definition) is 3. The SMILES string of the molecule is CCCC(=O)NCCN(C(C)=O)c1cccc2cccnc12. The maximum atomic E-state index is 12.0. The van der Waals surface area contributed by atoms with Crippen molar-refractivity contribution in [1.82, 2.24) is 10.3 Å². The molecule has 1 aromatic heterocycles. The number of carbonyl (C=O) groups excluding carboxylic acids is 2. The minimum Gasteiger partial charge on any atom is -0.354 e. The van der Waals surface area contributed by atoms with Crippen molar-refractivity contribution in [2.24, 2.45) is 0 Å². The van der Waals surface area contributed by atoms with Gasteiger partial charge in [0, 0.05) is 38.0 Å². The van der Waals surface area contributed by atoms with Crippen LogP contribution in [0.4, 0.5) is 5.69 Å². The van der Waals surface area contributed by atoms with Crippen LogP contribution >= 0.6 is 0 Å². The van der Waals surface area contributed by atoms with Gasteiger partial charge in [0.1, 0.15) is 0 Å². The number of aromatic nitrogens is 1. The third-order valence-electron chi connectivity index (χ3n) is 3.42. The van der Waals surface area contributed by atoms with Gasteiger partial charge >= 0.3 is 0 Å². The number of rotatable bonds is 6. The van der Waals surface area contributed by atoms with E-state index >= 15 is 0 Å². The molecule has 1 heterocycles. The van der Waals surface area contributed by atoms with Gasteiger partial charge in [-0.15, -0.1) is 0 Å². The average molecular weight is 299 g/mol.